The Kier molecular flexibility index (Phi) is 5.89. The SMILES string of the molecule is O=C(Nc1ccc(Cl)cc1)N1CCCN(C(=O)c2ccc(-n3cnnn3)cc2)CC1. The topological polar surface area (TPSA) is 96.2 Å². The minimum Gasteiger partial charge on any atom is -0.337 e. The van der Waals surface area contributed by atoms with Crippen LogP contribution in [0.5, 0.6) is 0 Å². The van der Waals surface area contributed by atoms with Crippen LogP contribution < -0.4 is 5.32 Å². The molecule has 30 heavy (non-hydrogen) atoms. The van der Waals surface area contributed by atoms with Crippen molar-refractivity contribution in [3.05, 3.63) is 65.4 Å². The summed E-state index contributed by atoms with van der Waals surface area (Å²) < 4.78 is 1.53. The Labute approximate surface area is 178 Å². The molecule has 2 aromatic carbocycles. The molecule has 10 heteroatoms. The van der Waals surface area contributed by atoms with Crippen LogP contribution >= 0.6 is 11.6 Å². The van der Waals surface area contributed by atoms with Gasteiger partial charge in [-0.25, -0.2) is 9.48 Å². The van der Waals surface area contributed by atoms with Crippen molar-refractivity contribution in [2.24, 2.45) is 0 Å². The molecule has 4 rings (SSSR count). The van der Waals surface area contributed by atoms with Gasteiger partial charge in [0.05, 0.1) is 5.69 Å². The third-order valence-corrected chi connectivity index (χ3v) is 5.15. The lowest BCUT2D eigenvalue weighted by Crippen LogP contribution is -2.39. The lowest BCUT2D eigenvalue weighted by atomic mass is 10.1. The summed E-state index contributed by atoms with van der Waals surface area (Å²) in [6.45, 7) is 2.12. The minimum absolute atomic E-state index is 0.0572. The molecule has 0 aliphatic carbocycles. The number of anilines is 1. The summed E-state index contributed by atoms with van der Waals surface area (Å²) in [5.41, 5.74) is 2.05. The number of carbonyl (C=O) groups excluding carboxylic acids is 2. The van der Waals surface area contributed by atoms with E-state index in [0.717, 1.165) is 5.69 Å². The van der Waals surface area contributed by atoms with Gasteiger partial charge in [0.25, 0.3) is 5.91 Å². The second-order valence-electron chi connectivity index (χ2n) is 6.87. The van der Waals surface area contributed by atoms with E-state index in [4.69, 9.17) is 11.6 Å². The van der Waals surface area contributed by atoms with Gasteiger partial charge < -0.3 is 15.1 Å². The van der Waals surface area contributed by atoms with Gasteiger partial charge in [0.2, 0.25) is 0 Å². The summed E-state index contributed by atoms with van der Waals surface area (Å²) in [4.78, 5) is 29.0. The summed E-state index contributed by atoms with van der Waals surface area (Å²) in [5, 5.41) is 14.5. The second kappa shape index (κ2) is 8.91. The smallest absolute Gasteiger partial charge is 0.321 e. The van der Waals surface area contributed by atoms with Crippen LogP contribution in [0.15, 0.2) is 54.9 Å². The lowest BCUT2D eigenvalue weighted by Gasteiger charge is -2.22. The molecule has 1 N–H and O–H groups in total. The number of carbonyl (C=O) groups is 2. The molecule has 3 amide bonds. The van der Waals surface area contributed by atoms with Crippen LogP contribution in [-0.2, 0) is 0 Å². The second-order valence-corrected chi connectivity index (χ2v) is 7.31. The first kappa shape index (κ1) is 19.8. The molecule has 1 fully saturated rings. The standard InChI is InChI=1S/C20H20ClN7O2/c21-16-4-6-17(7-5-16)23-20(30)27-11-1-10-26(12-13-27)19(29)15-2-8-18(9-3-15)28-14-22-24-25-28/h2-9,14H,1,10-13H2,(H,23,30). The fraction of sp³-hybridized carbons (Fsp3) is 0.250. The van der Waals surface area contributed by atoms with Crippen LogP contribution in [0.2, 0.25) is 5.02 Å². The average Bonchev–Trinajstić information content (AvgIpc) is 3.19. The van der Waals surface area contributed by atoms with Gasteiger partial charge in [0.1, 0.15) is 6.33 Å². The maximum atomic E-state index is 12.9. The number of benzene rings is 2. The molecule has 2 heterocycles. The van der Waals surface area contributed by atoms with Crippen molar-refractivity contribution >= 4 is 29.2 Å². The van der Waals surface area contributed by atoms with E-state index in [2.05, 4.69) is 20.8 Å². The molecule has 154 valence electrons. The largest absolute Gasteiger partial charge is 0.337 e. The zero-order chi connectivity index (χ0) is 20.9. The third-order valence-electron chi connectivity index (χ3n) is 4.89. The van der Waals surface area contributed by atoms with Crippen LogP contribution in [0.1, 0.15) is 16.8 Å². The van der Waals surface area contributed by atoms with Crippen molar-refractivity contribution in [1.82, 2.24) is 30.0 Å². The van der Waals surface area contributed by atoms with Crippen LogP contribution in [0, 0.1) is 0 Å². The van der Waals surface area contributed by atoms with Crippen molar-refractivity contribution in [3.63, 3.8) is 0 Å². The van der Waals surface area contributed by atoms with E-state index in [1.54, 1.807) is 58.3 Å². The summed E-state index contributed by atoms with van der Waals surface area (Å²) in [6.07, 6.45) is 2.21. The van der Waals surface area contributed by atoms with Gasteiger partial charge in [-0.3, -0.25) is 4.79 Å². The van der Waals surface area contributed by atoms with Crippen LogP contribution in [-0.4, -0.2) is 68.1 Å². The Balaban J connectivity index is 1.35. The zero-order valence-electron chi connectivity index (χ0n) is 16.1. The van der Waals surface area contributed by atoms with Crippen molar-refractivity contribution in [2.75, 3.05) is 31.5 Å². The highest BCUT2D eigenvalue weighted by Gasteiger charge is 2.23. The summed E-state index contributed by atoms with van der Waals surface area (Å²) in [6, 6.07) is 13.9. The summed E-state index contributed by atoms with van der Waals surface area (Å²) in [5.74, 6) is -0.0572. The van der Waals surface area contributed by atoms with Crippen molar-refractivity contribution in [3.8, 4) is 5.69 Å². The Morgan fingerprint density at radius 3 is 2.30 bits per heavy atom. The summed E-state index contributed by atoms with van der Waals surface area (Å²) in [7, 11) is 0. The van der Waals surface area contributed by atoms with Crippen LogP contribution in [0.4, 0.5) is 10.5 Å². The van der Waals surface area contributed by atoms with E-state index in [0.29, 0.717) is 48.9 Å². The van der Waals surface area contributed by atoms with Gasteiger partial charge in [-0.05, 0) is 65.4 Å². The lowest BCUT2D eigenvalue weighted by molar-refractivity contribution is 0.0762. The molecule has 0 saturated carbocycles. The molecule has 0 spiro atoms. The maximum absolute atomic E-state index is 12.9. The highest BCUT2D eigenvalue weighted by Crippen LogP contribution is 2.16. The zero-order valence-corrected chi connectivity index (χ0v) is 16.9. The number of tetrazole rings is 1. The highest BCUT2D eigenvalue weighted by atomic mass is 35.5. The first-order valence-corrected chi connectivity index (χ1v) is 9.92. The molecule has 1 aliphatic rings. The number of hydrogen-bond acceptors (Lipinski definition) is 5. The molecule has 0 atom stereocenters. The predicted molar refractivity (Wildman–Crippen MR) is 112 cm³/mol. The minimum atomic E-state index is -0.183. The first-order chi connectivity index (χ1) is 14.6. The number of rotatable bonds is 3. The number of urea groups is 1. The molecule has 1 saturated heterocycles. The molecule has 3 aromatic rings. The van der Waals surface area contributed by atoms with Crippen molar-refractivity contribution in [2.45, 2.75) is 6.42 Å². The molecule has 0 bridgehead atoms. The number of nitrogens with one attached hydrogen (secondary N) is 1. The molecule has 0 radical (unpaired) electrons. The first-order valence-electron chi connectivity index (χ1n) is 9.54. The normalized spacial score (nSPS) is 14.3. The van der Waals surface area contributed by atoms with E-state index in [1.165, 1.54) is 11.0 Å². The van der Waals surface area contributed by atoms with Gasteiger partial charge in [0.15, 0.2) is 0 Å². The van der Waals surface area contributed by atoms with Gasteiger partial charge in [-0.1, -0.05) is 11.6 Å². The van der Waals surface area contributed by atoms with Crippen LogP contribution in [0.25, 0.3) is 5.69 Å². The molecule has 9 nitrogen and oxygen atoms in total. The fourth-order valence-electron chi connectivity index (χ4n) is 3.28. The van der Waals surface area contributed by atoms with Gasteiger partial charge in [-0.2, -0.15) is 0 Å². The summed E-state index contributed by atoms with van der Waals surface area (Å²) >= 11 is 5.88. The fourth-order valence-corrected chi connectivity index (χ4v) is 3.40. The molecular weight excluding hydrogens is 406 g/mol. The van der Waals surface area contributed by atoms with E-state index < -0.39 is 0 Å². The molecule has 0 unspecified atom stereocenters. The monoisotopic (exact) mass is 425 g/mol. The van der Waals surface area contributed by atoms with Crippen molar-refractivity contribution < 1.29 is 9.59 Å². The van der Waals surface area contributed by atoms with Crippen LogP contribution in [0.3, 0.4) is 0 Å². The van der Waals surface area contributed by atoms with Gasteiger partial charge in [0, 0.05) is 42.5 Å². The predicted octanol–water partition coefficient (Wildman–Crippen LogP) is 2.70. The average molecular weight is 426 g/mol. The number of nitrogens with zero attached hydrogens (tertiary/aromatic N) is 6. The Morgan fingerprint density at radius 2 is 1.60 bits per heavy atom. The Hall–Kier alpha value is -3.46. The quantitative estimate of drug-likeness (QED) is 0.696. The Bertz CT molecular complexity index is 1010. The highest BCUT2D eigenvalue weighted by molar-refractivity contribution is 6.30. The van der Waals surface area contributed by atoms with E-state index in [9.17, 15) is 9.59 Å². The van der Waals surface area contributed by atoms with Crippen molar-refractivity contribution in [1.29, 1.82) is 0 Å². The van der Waals surface area contributed by atoms with E-state index in [1.807, 2.05) is 0 Å². The molecular formula is C20H20ClN7O2. The van der Waals surface area contributed by atoms with Gasteiger partial charge in [-0.15, -0.1) is 5.10 Å². The Morgan fingerprint density at radius 1 is 0.900 bits per heavy atom. The number of hydrogen-bond donors (Lipinski definition) is 1. The molecule has 1 aromatic heterocycles. The number of halogens is 1. The van der Waals surface area contributed by atoms with E-state index >= 15 is 0 Å². The maximum Gasteiger partial charge on any atom is 0.321 e. The number of amides is 3. The number of aromatic nitrogens is 4. The van der Waals surface area contributed by atoms with Gasteiger partial charge >= 0.3 is 6.03 Å². The van der Waals surface area contributed by atoms with E-state index in [-0.39, 0.29) is 11.9 Å². The molecule has 1 aliphatic heterocycles. The third kappa shape index (κ3) is 4.57.